The number of aryl methyl sites for hydroxylation is 2. The highest BCUT2D eigenvalue weighted by Crippen LogP contribution is 2.26. The summed E-state index contributed by atoms with van der Waals surface area (Å²) >= 11 is 12.0. The van der Waals surface area contributed by atoms with Gasteiger partial charge in [0.1, 0.15) is 0 Å². The van der Waals surface area contributed by atoms with E-state index in [1.54, 1.807) is 12.1 Å². The summed E-state index contributed by atoms with van der Waals surface area (Å²) in [5.74, 6) is 0. The average molecular weight is 313 g/mol. The van der Waals surface area contributed by atoms with Gasteiger partial charge in [-0.05, 0) is 37.1 Å². The first-order chi connectivity index (χ1) is 9.55. The summed E-state index contributed by atoms with van der Waals surface area (Å²) in [5.41, 5.74) is 2.70. The molecule has 20 heavy (non-hydrogen) atoms. The third kappa shape index (κ3) is 3.35. The maximum absolute atomic E-state index is 10.4. The van der Waals surface area contributed by atoms with E-state index in [1.807, 2.05) is 23.7 Å². The molecule has 1 unspecified atom stereocenters. The van der Waals surface area contributed by atoms with Crippen LogP contribution in [0.2, 0.25) is 10.0 Å². The van der Waals surface area contributed by atoms with Crippen LogP contribution >= 0.6 is 23.2 Å². The van der Waals surface area contributed by atoms with Crippen LogP contribution in [0.4, 0.5) is 0 Å². The lowest BCUT2D eigenvalue weighted by Crippen LogP contribution is -2.10. The molecule has 5 heteroatoms. The van der Waals surface area contributed by atoms with E-state index >= 15 is 0 Å². The number of nitrogens with zero attached hydrogens (tertiary/aromatic N) is 2. The lowest BCUT2D eigenvalue weighted by molar-refractivity contribution is 0.167. The summed E-state index contributed by atoms with van der Waals surface area (Å²) in [6, 6.07) is 7.28. The van der Waals surface area contributed by atoms with Crippen LogP contribution in [0.5, 0.6) is 0 Å². The van der Waals surface area contributed by atoms with Gasteiger partial charge in [-0.2, -0.15) is 5.10 Å². The van der Waals surface area contributed by atoms with Crippen LogP contribution in [-0.2, 0) is 19.4 Å². The zero-order valence-corrected chi connectivity index (χ0v) is 13.1. The minimum absolute atomic E-state index is 0.449. The number of aliphatic hydroxyl groups is 1. The molecule has 1 aromatic carbocycles. The number of hydrogen-bond donors (Lipinski definition) is 1. The van der Waals surface area contributed by atoms with E-state index in [9.17, 15) is 5.11 Å². The Balaban J connectivity index is 2.23. The molecule has 0 saturated carbocycles. The molecular formula is C15H18Cl2N2O. The second-order valence-corrected chi connectivity index (χ2v) is 5.53. The number of aliphatic hydroxyl groups excluding tert-OH is 1. The van der Waals surface area contributed by atoms with Crippen molar-refractivity contribution in [2.24, 2.45) is 0 Å². The minimum Gasteiger partial charge on any atom is -0.386 e. The van der Waals surface area contributed by atoms with E-state index in [0.717, 1.165) is 29.9 Å². The van der Waals surface area contributed by atoms with Gasteiger partial charge < -0.3 is 5.11 Å². The molecule has 1 heterocycles. The largest absolute Gasteiger partial charge is 0.386 e. The summed E-state index contributed by atoms with van der Waals surface area (Å²) in [5, 5.41) is 16.1. The van der Waals surface area contributed by atoms with Crippen LogP contribution in [0.1, 0.15) is 36.9 Å². The lowest BCUT2D eigenvalue weighted by Gasteiger charge is -2.13. The van der Waals surface area contributed by atoms with Crippen LogP contribution in [0, 0.1) is 0 Å². The van der Waals surface area contributed by atoms with Crippen molar-refractivity contribution in [2.45, 2.75) is 39.3 Å². The average Bonchev–Trinajstić information content (AvgIpc) is 2.85. The highest BCUT2D eigenvalue weighted by Gasteiger charge is 2.16. The SMILES string of the molecule is CCc1cc(C(O)Cc2ccc(Cl)cc2Cl)n(CC)n1. The molecular weight excluding hydrogens is 295 g/mol. The van der Waals surface area contributed by atoms with Crippen LogP contribution < -0.4 is 0 Å². The Bertz CT molecular complexity index is 596. The first-order valence-corrected chi connectivity index (χ1v) is 7.49. The van der Waals surface area contributed by atoms with E-state index in [1.165, 1.54) is 0 Å². The summed E-state index contributed by atoms with van der Waals surface area (Å²) < 4.78 is 1.84. The molecule has 0 fully saturated rings. The molecule has 1 N–H and O–H groups in total. The predicted octanol–water partition coefficient (Wildman–Crippen LogP) is 4.05. The lowest BCUT2D eigenvalue weighted by atomic mass is 10.1. The fourth-order valence-electron chi connectivity index (χ4n) is 2.18. The zero-order valence-electron chi connectivity index (χ0n) is 11.6. The van der Waals surface area contributed by atoms with Crippen molar-refractivity contribution in [2.75, 3.05) is 0 Å². The van der Waals surface area contributed by atoms with Crippen molar-refractivity contribution in [1.82, 2.24) is 9.78 Å². The standard InChI is InChI=1S/C15H18Cl2N2O/c1-3-12-9-14(19(4-2)18-12)15(20)7-10-5-6-11(16)8-13(10)17/h5-6,8-9,15,20H,3-4,7H2,1-2H3. The molecule has 1 atom stereocenters. The van der Waals surface area contributed by atoms with Gasteiger partial charge in [0, 0.05) is 23.0 Å². The molecule has 0 aliphatic carbocycles. The molecule has 0 amide bonds. The Morgan fingerprint density at radius 2 is 2.00 bits per heavy atom. The molecule has 108 valence electrons. The predicted molar refractivity (Wildman–Crippen MR) is 82.4 cm³/mol. The first kappa shape index (κ1) is 15.4. The van der Waals surface area contributed by atoms with Crippen LogP contribution in [0.15, 0.2) is 24.3 Å². The van der Waals surface area contributed by atoms with Crippen molar-refractivity contribution in [1.29, 1.82) is 0 Å². The quantitative estimate of drug-likeness (QED) is 0.904. The van der Waals surface area contributed by atoms with Gasteiger partial charge in [-0.3, -0.25) is 4.68 Å². The Hall–Kier alpha value is -1.03. The highest BCUT2D eigenvalue weighted by atomic mass is 35.5. The minimum atomic E-state index is -0.624. The van der Waals surface area contributed by atoms with Crippen molar-refractivity contribution in [3.63, 3.8) is 0 Å². The molecule has 0 bridgehead atoms. The Morgan fingerprint density at radius 3 is 2.60 bits per heavy atom. The van der Waals surface area contributed by atoms with E-state index in [2.05, 4.69) is 12.0 Å². The third-order valence-electron chi connectivity index (χ3n) is 3.29. The number of benzene rings is 1. The van der Waals surface area contributed by atoms with E-state index < -0.39 is 6.10 Å². The van der Waals surface area contributed by atoms with Crippen molar-refractivity contribution >= 4 is 23.2 Å². The van der Waals surface area contributed by atoms with Gasteiger partial charge >= 0.3 is 0 Å². The van der Waals surface area contributed by atoms with Crippen molar-refractivity contribution in [3.05, 3.63) is 51.3 Å². The van der Waals surface area contributed by atoms with Gasteiger partial charge in [0.25, 0.3) is 0 Å². The molecule has 3 nitrogen and oxygen atoms in total. The van der Waals surface area contributed by atoms with Crippen LogP contribution in [0.25, 0.3) is 0 Å². The van der Waals surface area contributed by atoms with E-state index in [0.29, 0.717) is 16.5 Å². The highest BCUT2D eigenvalue weighted by molar-refractivity contribution is 6.35. The van der Waals surface area contributed by atoms with Gasteiger partial charge in [-0.25, -0.2) is 0 Å². The van der Waals surface area contributed by atoms with Gasteiger partial charge in [-0.1, -0.05) is 36.2 Å². The number of aromatic nitrogens is 2. The topological polar surface area (TPSA) is 38.0 Å². The zero-order chi connectivity index (χ0) is 14.7. The Kier molecular flexibility index (Phi) is 5.08. The fourth-order valence-corrected chi connectivity index (χ4v) is 2.67. The Labute approximate surface area is 129 Å². The Morgan fingerprint density at radius 1 is 1.25 bits per heavy atom. The van der Waals surface area contributed by atoms with Crippen molar-refractivity contribution < 1.29 is 5.11 Å². The summed E-state index contributed by atoms with van der Waals surface area (Å²) in [4.78, 5) is 0. The van der Waals surface area contributed by atoms with Crippen molar-refractivity contribution in [3.8, 4) is 0 Å². The molecule has 0 aliphatic rings. The second-order valence-electron chi connectivity index (χ2n) is 4.69. The fraction of sp³-hybridized carbons (Fsp3) is 0.400. The third-order valence-corrected chi connectivity index (χ3v) is 3.88. The maximum Gasteiger partial charge on any atom is 0.0997 e. The number of halogens is 2. The van der Waals surface area contributed by atoms with Gasteiger partial charge in [0.2, 0.25) is 0 Å². The summed E-state index contributed by atoms with van der Waals surface area (Å²) in [6.45, 7) is 4.80. The van der Waals surface area contributed by atoms with Crippen LogP contribution in [-0.4, -0.2) is 14.9 Å². The molecule has 0 aliphatic heterocycles. The molecule has 0 saturated heterocycles. The van der Waals surface area contributed by atoms with Gasteiger partial charge in [0.15, 0.2) is 0 Å². The number of hydrogen-bond acceptors (Lipinski definition) is 2. The summed E-state index contributed by atoms with van der Waals surface area (Å²) in [6.07, 6.45) is 0.681. The molecule has 2 aromatic rings. The molecule has 0 spiro atoms. The number of rotatable bonds is 5. The van der Waals surface area contributed by atoms with Gasteiger partial charge in [-0.15, -0.1) is 0 Å². The maximum atomic E-state index is 10.4. The monoisotopic (exact) mass is 312 g/mol. The molecule has 2 rings (SSSR count). The summed E-state index contributed by atoms with van der Waals surface area (Å²) in [7, 11) is 0. The van der Waals surface area contributed by atoms with Crippen LogP contribution in [0.3, 0.4) is 0 Å². The second kappa shape index (κ2) is 6.61. The smallest absolute Gasteiger partial charge is 0.0997 e. The van der Waals surface area contributed by atoms with E-state index in [-0.39, 0.29) is 0 Å². The van der Waals surface area contributed by atoms with E-state index in [4.69, 9.17) is 23.2 Å². The molecule has 0 radical (unpaired) electrons. The normalized spacial score (nSPS) is 12.7. The first-order valence-electron chi connectivity index (χ1n) is 6.73. The van der Waals surface area contributed by atoms with Gasteiger partial charge in [0.05, 0.1) is 17.5 Å². The molecule has 1 aromatic heterocycles.